The van der Waals surface area contributed by atoms with Crippen molar-refractivity contribution in [1.82, 2.24) is 0 Å². The molecule has 0 saturated carbocycles. The molecule has 1 saturated heterocycles. The molecule has 2 atom stereocenters. The Morgan fingerprint density at radius 1 is 1.00 bits per heavy atom. The van der Waals surface area contributed by atoms with Crippen molar-refractivity contribution >= 4 is 0 Å². The van der Waals surface area contributed by atoms with Crippen LogP contribution in [0.4, 0.5) is 0 Å². The van der Waals surface area contributed by atoms with E-state index in [1.54, 1.807) is 0 Å². The summed E-state index contributed by atoms with van der Waals surface area (Å²) >= 11 is 0. The molecule has 0 amide bonds. The van der Waals surface area contributed by atoms with Gasteiger partial charge in [-0.3, -0.25) is 0 Å². The minimum atomic E-state index is -0.313. The smallest absolute Gasteiger partial charge is 0.166 e. The van der Waals surface area contributed by atoms with Gasteiger partial charge in [-0.15, -0.1) is 0 Å². The van der Waals surface area contributed by atoms with Crippen LogP contribution in [0.25, 0.3) is 0 Å². The van der Waals surface area contributed by atoms with Gasteiger partial charge < -0.3 is 9.47 Å². The Morgan fingerprint density at radius 3 is 2.07 bits per heavy atom. The molecule has 1 heterocycles. The summed E-state index contributed by atoms with van der Waals surface area (Å²) in [5.41, 5.74) is 0. The molecule has 0 radical (unpaired) electrons. The van der Waals surface area contributed by atoms with Crippen LogP contribution in [0, 0.1) is 0 Å². The molecule has 1 rings (SSSR count). The van der Waals surface area contributed by atoms with E-state index >= 15 is 0 Å². The molecule has 0 aliphatic carbocycles. The summed E-state index contributed by atoms with van der Waals surface area (Å²) in [5.74, 6) is -0.313. The highest BCUT2D eigenvalue weighted by atomic mass is 16.7. The summed E-state index contributed by atoms with van der Waals surface area (Å²) in [6.45, 7) is 8.47. The van der Waals surface area contributed by atoms with Gasteiger partial charge in [0.1, 0.15) is 0 Å². The van der Waals surface area contributed by atoms with Gasteiger partial charge in [-0.25, -0.2) is 0 Å². The fourth-order valence-electron chi connectivity index (χ4n) is 2.00. The van der Waals surface area contributed by atoms with Crippen molar-refractivity contribution in [2.75, 3.05) is 0 Å². The molecule has 0 aromatic heterocycles. The van der Waals surface area contributed by atoms with Crippen LogP contribution in [-0.2, 0) is 9.47 Å². The Hall–Kier alpha value is -0.0800. The second-order valence-corrected chi connectivity index (χ2v) is 4.59. The van der Waals surface area contributed by atoms with Gasteiger partial charge in [-0.05, 0) is 27.2 Å². The highest BCUT2D eigenvalue weighted by molar-refractivity contribution is 4.78. The molecule has 84 valence electrons. The maximum absolute atomic E-state index is 5.82. The molecule has 1 aliphatic heterocycles. The monoisotopic (exact) mass is 200 g/mol. The molecule has 0 bridgehead atoms. The van der Waals surface area contributed by atoms with Gasteiger partial charge in [0.25, 0.3) is 0 Å². The van der Waals surface area contributed by atoms with Crippen LogP contribution in [0.2, 0.25) is 0 Å². The Kier molecular flexibility index (Phi) is 4.39. The van der Waals surface area contributed by atoms with Crippen LogP contribution in [0.5, 0.6) is 0 Å². The summed E-state index contributed by atoms with van der Waals surface area (Å²) < 4.78 is 11.6. The molecule has 2 unspecified atom stereocenters. The first-order valence-electron chi connectivity index (χ1n) is 5.93. The van der Waals surface area contributed by atoms with Crippen molar-refractivity contribution < 1.29 is 9.47 Å². The van der Waals surface area contributed by atoms with Gasteiger partial charge in [0, 0.05) is 6.42 Å². The maximum Gasteiger partial charge on any atom is 0.166 e. The normalized spacial score (nSPS) is 37.7. The van der Waals surface area contributed by atoms with Gasteiger partial charge in [0.2, 0.25) is 0 Å². The Balaban J connectivity index is 2.23. The van der Waals surface area contributed by atoms with E-state index in [0.717, 1.165) is 6.42 Å². The molecular weight excluding hydrogens is 176 g/mol. The quantitative estimate of drug-likeness (QED) is 0.632. The molecular formula is C12H24O2. The second-order valence-electron chi connectivity index (χ2n) is 4.59. The molecule has 0 aromatic carbocycles. The third-order valence-corrected chi connectivity index (χ3v) is 3.02. The third kappa shape index (κ3) is 3.25. The predicted molar refractivity (Wildman–Crippen MR) is 58.3 cm³/mol. The molecule has 2 nitrogen and oxygen atoms in total. The van der Waals surface area contributed by atoms with Crippen molar-refractivity contribution in [3.63, 3.8) is 0 Å². The second kappa shape index (κ2) is 5.13. The van der Waals surface area contributed by atoms with Crippen LogP contribution in [-0.4, -0.2) is 18.0 Å². The zero-order valence-corrected chi connectivity index (χ0v) is 10.0. The molecule has 1 aliphatic rings. The van der Waals surface area contributed by atoms with Crippen molar-refractivity contribution in [2.24, 2.45) is 0 Å². The van der Waals surface area contributed by atoms with E-state index in [-0.39, 0.29) is 18.0 Å². The fraction of sp³-hybridized carbons (Fsp3) is 1.00. The van der Waals surface area contributed by atoms with Crippen LogP contribution >= 0.6 is 0 Å². The summed E-state index contributed by atoms with van der Waals surface area (Å²) in [4.78, 5) is 0. The number of hydrogen-bond acceptors (Lipinski definition) is 2. The zero-order valence-electron chi connectivity index (χ0n) is 10.0. The lowest BCUT2D eigenvalue weighted by atomic mass is 10.1. The van der Waals surface area contributed by atoms with Crippen LogP contribution in [0.1, 0.15) is 59.8 Å². The van der Waals surface area contributed by atoms with Crippen LogP contribution in [0.3, 0.4) is 0 Å². The predicted octanol–water partition coefficient (Wildman–Crippen LogP) is 3.50. The number of ether oxygens (including phenoxy) is 2. The molecule has 2 heteroatoms. The van der Waals surface area contributed by atoms with Crippen molar-refractivity contribution in [1.29, 1.82) is 0 Å². The minimum Gasteiger partial charge on any atom is -0.345 e. The molecule has 14 heavy (non-hydrogen) atoms. The highest BCUT2D eigenvalue weighted by Gasteiger charge is 2.39. The number of unbranched alkanes of at least 4 members (excludes halogenated alkanes) is 3. The summed E-state index contributed by atoms with van der Waals surface area (Å²) in [6, 6.07) is 0. The van der Waals surface area contributed by atoms with Gasteiger partial charge >= 0.3 is 0 Å². The van der Waals surface area contributed by atoms with E-state index in [4.69, 9.17) is 9.47 Å². The number of hydrogen-bond donors (Lipinski definition) is 0. The van der Waals surface area contributed by atoms with E-state index in [9.17, 15) is 0 Å². The van der Waals surface area contributed by atoms with Crippen LogP contribution in [0.15, 0.2) is 0 Å². The van der Waals surface area contributed by atoms with E-state index in [1.807, 2.05) is 0 Å². The van der Waals surface area contributed by atoms with Gasteiger partial charge in [-0.2, -0.15) is 0 Å². The first-order valence-corrected chi connectivity index (χ1v) is 5.93. The summed E-state index contributed by atoms with van der Waals surface area (Å²) in [5, 5.41) is 0. The lowest BCUT2D eigenvalue weighted by Crippen LogP contribution is -2.26. The third-order valence-electron chi connectivity index (χ3n) is 3.02. The van der Waals surface area contributed by atoms with E-state index < -0.39 is 0 Å². The van der Waals surface area contributed by atoms with Gasteiger partial charge in [0.05, 0.1) is 12.2 Å². The first-order chi connectivity index (χ1) is 6.57. The molecule has 1 fully saturated rings. The maximum atomic E-state index is 5.82. The molecule has 0 aromatic rings. The SMILES string of the molecule is CCCCCCC1(C)OC(C)C(C)O1. The van der Waals surface area contributed by atoms with Crippen molar-refractivity contribution in [3.05, 3.63) is 0 Å². The topological polar surface area (TPSA) is 18.5 Å². The number of rotatable bonds is 5. The lowest BCUT2D eigenvalue weighted by Gasteiger charge is -2.23. The first kappa shape index (κ1) is 12.0. The van der Waals surface area contributed by atoms with Gasteiger partial charge in [-0.1, -0.05) is 26.2 Å². The Bertz CT molecular complexity index is 158. The average molecular weight is 200 g/mol. The van der Waals surface area contributed by atoms with Gasteiger partial charge in [0.15, 0.2) is 5.79 Å². The van der Waals surface area contributed by atoms with E-state index in [1.165, 1.54) is 25.7 Å². The Morgan fingerprint density at radius 2 is 1.57 bits per heavy atom. The Labute approximate surface area is 88.0 Å². The fourth-order valence-corrected chi connectivity index (χ4v) is 2.00. The van der Waals surface area contributed by atoms with Crippen molar-refractivity contribution in [2.45, 2.75) is 77.8 Å². The summed E-state index contributed by atoms with van der Waals surface area (Å²) in [7, 11) is 0. The van der Waals surface area contributed by atoms with Crippen LogP contribution < -0.4 is 0 Å². The average Bonchev–Trinajstić information content (AvgIpc) is 2.36. The minimum absolute atomic E-state index is 0.242. The van der Waals surface area contributed by atoms with E-state index in [2.05, 4.69) is 27.7 Å². The summed E-state index contributed by atoms with van der Waals surface area (Å²) in [6.07, 6.45) is 6.62. The van der Waals surface area contributed by atoms with E-state index in [0.29, 0.717) is 0 Å². The largest absolute Gasteiger partial charge is 0.345 e. The molecule has 0 N–H and O–H groups in total. The standard InChI is InChI=1S/C12H24O2/c1-5-6-7-8-9-12(4)13-10(2)11(3)14-12/h10-11H,5-9H2,1-4H3. The zero-order chi connectivity index (χ0) is 10.6. The van der Waals surface area contributed by atoms with Crippen molar-refractivity contribution in [3.8, 4) is 0 Å². The highest BCUT2D eigenvalue weighted by Crippen LogP contribution is 2.32. The lowest BCUT2D eigenvalue weighted by molar-refractivity contribution is -0.164. The molecule has 0 spiro atoms.